The molecule has 3 aromatic heterocycles. The van der Waals surface area contributed by atoms with Crippen LogP contribution in [0.1, 0.15) is 38.4 Å². The highest BCUT2D eigenvalue weighted by molar-refractivity contribution is 7.17. The maximum Gasteiger partial charge on any atom is 0.350 e. The topological polar surface area (TPSA) is 114 Å². The van der Waals surface area contributed by atoms with Crippen LogP contribution in [-0.4, -0.2) is 43.7 Å². The zero-order valence-electron chi connectivity index (χ0n) is 20.0. The molecule has 1 saturated heterocycles. The number of carbonyl (C=O) groups is 3. The molecular weight excluding hydrogens is 492 g/mol. The van der Waals surface area contributed by atoms with Crippen molar-refractivity contribution in [3.05, 3.63) is 100 Å². The number of aliphatic hydroxyl groups excluding tert-OH is 1. The standard InChI is InChI=1S/C27H22N4O5S/c1-4-14-36-26(35)24-16(3)29-27(37-24)31-21(17-10-6-5-7-11-17)19(23(33)25(31)34)22(32)20-15(2)28-18-12-8-9-13-30(18)20/h4-13,21,32H,1,14H2,2-3H3/b22-19+. The molecule has 4 heterocycles. The highest BCUT2D eigenvalue weighted by atomic mass is 32.1. The Balaban J connectivity index is 1.70. The zero-order chi connectivity index (χ0) is 26.3. The molecule has 9 nitrogen and oxygen atoms in total. The zero-order valence-corrected chi connectivity index (χ0v) is 20.9. The molecule has 1 atom stereocenters. The first kappa shape index (κ1) is 24.1. The summed E-state index contributed by atoms with van der Waals surface area (Å²) >= 11 is 0.948. The van der Waals surface area contributed by atoms with Crippen LogP contribution in [-0.2, 0) is 14.3 Å². The van der Waals surface area contributed by atoms with Crippen LogP contribution in [0, 0.1) is 13.8 Å². The lowest BCUT2D eigenvalue weighted by Gasteiger charge is -2.23. The lowest BCUT2D eigenvalue weighted by Crippen LogP contribution is -2.29. The van der Waals surface area contributed by atoms with Gasteiger partial charge in [-0.1, -0.05) is 60.4 Å². The Kier molecular flexibility index (Phi) is 6.18. The first-order chi connectivity index (χ1) is 17.8. The fourth-order valence-corrected chi connectivity index (χ4v) is 5.37. The second-order valence-electron chi connectivity index (χ2n) is 8.35. The van der Waals surface area contributed by atoms with E-state index < -0.39 is 23.7 Å². The van der Waals surface area contributed by atoms with Gasteiger partial charge in [-0.15, -0.1) is 0 Å². The number of benzene rings is 1. The van der Waals surface area contributed by atoms with Crippen molar-refractivity contribution in [1.82, 2.24) is 14.4 Å². The van der Waals surface area contributed by atoms with Crippen molar-refractivity contribution >= 4 is 45.5 Å². The first-order valence-electron chi connectivity index (χ1n) is 11.4. The number of rotatable bonds is 6. The molecule has 5 rings (SSSR count). The minimum absolute atomic E-state index is 0.0265. The van der Waals surface area contributed by atoms with Crippen LogP contribution < -0.4 is 4.90 Å². The van der Waals surface area contributed by atoms with Crippen molar-refractivity contribution in [3.8, 4) is 0 Å². The van der Waals surface area contributed by atoms with Crippen molar-refractivity contribution in [3.63, 3.8) is 0 Å². The highest BCUT2D eigenvalue weighted by Crippen LogP contribution is 2.44. The number of thiazole rings is 1. The number of hydrogen-bond donors (Lipinski definition) is 1. The SMILES string of the molecule is C=CCOC(=O)c1sc(N2C(=O)C(=O)/C(=C(/O)c3c(C)nc4ccccn34)C2c2ccccc2)nc1C. The van der Waals surface area contributed by atoms with E-state index in [-0.39, 0.29) is 27.9 Å². The van der Waals surface area contributed by atoms with Gasteiger partial charge in [0.2, 0.25) is 0 Å². The summed E-state index contributed by atoms with van der Waals surface area (Å²) < 4.78 is 6.81. The third-order valence-corrected chi connectivity index (χ3v) is 7.13. The van der Waals surface area contributed by atoms with Crippen LogP contribution in [0.25, 0.3) is 11.4 Å². The average Bonchev–Trinajstić information content (AvgIpc) is 3.53. The molecule has 1 amide bonds. The third kappa shape index (κ3) is 4.01. The van der Waals surface area contributed by atoms with Gasteiger partial charge < -0.3 is 9.84 Å². The van der Waals surface area contributed by atoms with E-state index in [9.17, 15) is 19.5 Å². The summed E-state index contributed by atoms with van der Waals surface area (Å²) in [6.45, 7) is 6.91. The molecule has 0 saturated carbocycles. The summed E-state index contributed by atoms with van der Waals surface area (Å²) in [5.74, 6) is -2.66. The molecule has 0 spiro atoms. The number of nitrogens with zero attached hydrogens (tertiary/aromatic N) is 4. The Labute approximate surface area is 216 Å². The van der Waals surface area contributed by atoms with E-state index in [1.807, 2.05) is 12.1 Å². The van der Waals surface area contributed by atoms with Gasteiger partial charge >= 0.3 is 11.9 Å². The number of ether oxygens (including phenoxy) is 1. The highest BCUT2D eigenvalue weighted by Gasteiger charge is 2.49. The number of anilines is 1. The van der Waals surface area contributed by atoms with Crippen molar-refractivity contribution in [2.75, 3.05) is 11.5 Å². The van der Waals surface area contributed by atoms with E-state index >= 15 is 0 Å². The summed E-state index contributed by atoms with van der Waals surface area (Å²) in [5.41, 5.74) is 2.27. The number of hydrogen-bond acceptors (Lipinski definition) is 8. The van der Waals surface area contributed by atoms with Crippen molar-refractivity contribution in [1.29, 1.82) is 0 Å². The fraction of sp³-hybridized carbons (Fsp3) is 0.148. The molecule has 1 aliphatic rings. The van der Waals surface area contributed by atoms with Crippen LogP contribution in [0.2, 0.25) is 0 Å². The van der Waals surface area contributed by atoms with E-state index in [0.29, 0.717) is 28.3 Å². The number of fused-ring (bicyclic) bond motifs is 1. The van der Waals surface area contributed by atoms with Crippen molar-refractivity contribution in [2.24, 2.45) is 0 Å². The number of pyridine rings is 1. The van der Waals surface area contributed by atoms with E-state index in [1.54, 1.807) is 60.8 Å². The number of aryl methyl sites for hydroxylation is 2. The van der Waals surface area contributed by atoms with Gasteiger partial charge in [-0.2, -0.15) is 0 Å². The fourth-order valence-electron chi connectivity index (χ4n) is 4.38. The van der Waals surface area contributed by atoms with Gasteiger partial charge in [-0.3, -0.25) is 18.9 Å². The monoisotopic (exact) mass is 514 g/mol. The Morgan fingerprint density at radius 2 is 1.84 bits per heavy atom. The van der Waals surface area contributed by atoms with Crippen LogP contribution >= 0.6 is 11.3 Å². The lowest BCUT2D eigenvalue weighted by atomic mass is 9.96. The van der Waals surface area contributed by atoms with Crippen LogP contribution in [0.15, 0.2) is 73.0 Å². The van der Waals surface area contributed by atoms with Gasteiger partial charge in [0.05, 0.1) is 23.0 Å². The summed E-state index contributed by atoms with van der Waals surface area (Å²) in [5, 5.41) is 11.7. The predicted octanol–water partition coefficient (Wildman–Crippen LogP) is 4.38. The molecular formula is C27H22N4O5S. The smallest absolute Gasteiger partial charge is 0.350 e. The molecule has 4 aromatic rings. The second-order valence-corrected chi connectivity index (χ2v) is 9.33. The molecule has 0 bridgehead atoms. The van der Waals surface area contributed by atoms with E-state index in [1.165, 1.54) is 11.0 Å². The Morgan fingerprint density at radius 3 is 2.57 bits per heavy atom. The first-order valence-corrected chi connectivity index (χ1v) is 12.2. The van der Waals surface area contributed by atoms with Crippen LogP contribution in [0.5, 0.6) is 0 Å². The molecule has 0 radical (unpaired) electrons. The number of amides is 1. The number of imidazole rings is 1. The van der Waals surface area contributed by atoms with Gasteiger partial charge in [0.1, 0.15) is 22.8 Å². The number of esters is 1. The molecule has 37 heavy (non-hydrogen) atoms. The third-order valence-electron chi connectivity index (χ3n) is 6.00. The molecule has 1 aromatic carbocycles. The number of aliphatic hydroxyl groups is 1. The Morgan fingerprint density at radius 1 is 1.11 bits per heavy atom. The summed E-state index contributed by atoms with van der Waals surface area (Å²) in [6.07, 6.45) is 3.18. The minimum Gasteiger partial charge on any atom is -0.505 e. The normalized spacial score (nSPS) is 16.9. The van der Waals surface area contributed by atoms with E-state index in [2.05, 4.69) is 16.5 Å². The molecule has 1 aliphatic heterocycles. The largest absolute Gasteiger partial charge is 0.505 e. The minimum atomic E-state index is -0.975. The maximum atomic E-state index is 13.5. The predicted molar refractivity (Wildman–Crippen MR) is 138 cm³/mol. The quantitative estimate of drug-likeness (QED) is 0.134. The molecule has 1 unspecified atom stereocenters. The van der Waals surface area contributed by atoms with Crippen LogP contribution in [0.4, 0.5) is 5.13 Å². The second kappa shape index (κ2) is 9.47. The van der Waals surface area contributed by atoms with Gasteiger partial charge in [0, 0.05) is 6.20 Å². The number of ketones is 1. The van der Waals surface area contributed by atoms with Gasteiger partial charge in [-0.05, 0) is 31.5 Å². The van der Waals surface area contributed by atoms with E-state index in [0.717, 1.165) is 11.3 Å². The molecule has 186 valence electrons. The maximum absolute atomic E-state index is 13.5. The molecule has 1 fully saturated rings. The summed E-state index contributed by atoms with van der Waals surface area (Å²) in [7, 11) is 0. The van der Waals surface area contributed by atoms with Gasteiger partial charge in [-0.25, -0.2) is 14.8 Å². The summed E-state index contributed by atoms with van der Waals surface area (Å²) in [6, 6.07) is 13.3. The van der Waals surface area contributed by atoms with Crippen molar-refractivity contribution in [2.45, 2.75) is 19.9 Å². The van der Waals surface area contributed by atoms with E-state index in [4.69, 9.17) is 4.74 Å². The molecule has 10 heteroatoms. The number of Topliss-reactive ketones (excluding diaryl/α,β-unsaturated/α-hetero) is 1. The Hall–Kier alpha value is -4.57. The van der Waals surface area contributed by atoms with Gasteiger partial charge in [0.15, 0.2) is 10.9 Å². The lowest BCUT2D eigenvalue weighted by molar-refractivity contribution is -0.132. The number of aromatic nitrogens is 3. The van der Waals surface area contributed by atoms with Gasteiger partial charge in [0.25, 0.3) is 5.78 Å². The average molecular weight is 515 g/mol. The molecule has 0 aliphatic carbocycles. The molecule has 1 N–H and O–H groups in total. The van der Waals surface area contributed by atoms with Crippen LogP contribution in [0.3, 0.4) is 0 Å². The Bertz CT molecular complexity index is 1600. The number of carbonyl (C=O) groups excluding carboxylic acids is 3. The summed E-state index contributed by atoms with van der Waals surface area (Å²) in [4.78, 5) is 49.7. The van der Waals surface area contributed by atoms with Crippen molar-refractivity contribution < 1.29 is 24.2 Å².